The zero-order chi connectivity index (χ0) is 19.2. The topological polar surface area (TPSA) is 42.0 Å². The van der Waals surface area contributed by atoms with Crippen molar-refractivity contribution in [3.63, 3.8) is 0 Å². The van der Waals surface area contributed by atoms with E-state index in [1.807, 2.05) is 42.5 Å². The van der Waals surface area contributed by atoms with Crippen LogP contribution in [-0.4, -0.2) is 44.2 Å². The molecule has 144 valence electrons. The number of hydrogen-bond acceptors (Lipinski definition) is 4. The first-order chi connectivity index (χ1) is 13.2. The summed E-state index contributed by atoms with van der Waals surface area (Å²) in [5.74, 6) is 1.76. The predicted octanol–water partition coefficient (Wildman–Crippen LogP) is 4.03. The van der Waals surface area contributed by atoms with Gasteiger partial charge in [0.2, 0.25) is 5.91 Å². The highest BCUT2D eigenvalue weighted by Crippen LogP contribution is 2.36. The lowest BCUT2D eigenvalue weighted by molar-refractivity contribution is -0.118. The summed E-state index contributed by atoms with van der Waals surface area (Å²) in [4.78, 5) is 16.7. The van der Waals surface area contributed by atoms with Gasteiger partial charge in [-0.3, -0.25) is 9.69 Å². The van der Waals surface area contributed by atoms with E-state index in [4.69, 9.17) is 9.47 Å². The van der Waals surface area contributed by atoms with E-state index < -0.39 is 0 Å². The van der Waals surface area contributed by atoms with Gasteiger partial charge in [-0.05, 0) is 67.5 Å². The van der Waals surface area contributed by atoms with Gasteiger partial charge in [0, 0.05) is 18.7 Å². The molecule has 2 aromatic carbocycles. The zero-order valence-corrected chi connectivity index (χ0v) is 16.4. The molecule has 0 atom stereocenters. The van der Waals surface area contributed by atoms with E-state index in [9.17, 15) is 4.79 Å². The Labute approximate surface area is 161 Å². The van der Waals surface area contributed by atoms with E-state index in [0.29, 0.717) is 13.0 Å². The number of ether oxygens (including phenoxy) is 2. The summed E-state index contributed by atoms with van der Waals surface area (Å²) in [5, 5.41) is 0. The van der Waals surface area contributed by atoms with E-state index in [-0.39, 0.29) is 5.91 Å². The van der Waals surface area contributed by atoms with Crippen molar-refractivity contribution in [3.8, 4) is 11.5 Å². The maximum Gasteiger partial charge on any atom is 0.231 e. The lowest BCUT2D eigenvalue weighted by Gasteiger charge is -2.30. The van der Waals surface area contributed by atoms with Crippen molar-refractivity contribution in [2.75, 3.05) is 38.3 Å². The first-order valence-electron chi connectivity index (χ1n) is 9.61. The molecule has 0 radical (unpaired) electrons. The van der Waals surface area contributed by atoms with Gasteiger partial charge in [0.25, 0.3) is 0 Å². The number of amides is 1. The molecular formula is C22H28N2O3. The minimum atomic E-state index is 0.114. The number of rotatable bonds is 8. The highest BCUT2D eigenvalue weighted by Gasteiger charge is 2.25. The number of aryl methyl sites for hydroxylation is 1. The van der Waals surface area contributed by atoms with Crippen molar-refractivity contribution in [3.05, 3.63) is 48.0 Å². The van der Waals surface area contributed by atoms with Gasteiger partial charge < -0.3 is 14.4 Å². The Kier molecular flexibility index (Phi) is 6.35. The zero-order valence-electron chi connectivity index (χ0n) is 16.4. The van der Waals surface area contributed by atoms with Crippen molar-refractivity contribution in [1.82, 2.24) is 4.90 Å². The second-order valence-electron chi connectivity index (χ2n) is 6.59. The highest BCUT2D eigenvalue weighted by molar-refractivity contribution is 6.03. The van der Waals surface area contributed by atoms with Gasteiger partial charge in [0.05, 0.1) is 12.8 Å². The fourth-order valence-electron chi connectivity index (χ4n) is 3.40. The molecule has 0 N–H and O–H groups in total. The molecule has 0 fully saturated rings. The molecule has 3 rings (SSSR count). The Morgan fingerprint density at radius 2 is 1.70 bits per heavy atom. The van der Waals surface area contributed by atoms with Gasteiger partial charge in [-0.15, -0.1) is 0 Å². The lowest BCUT2D eigenvalue weighted by atomic mass is 10.00. The molecule has 0 spiro atoms. The molecule has 5 nitrogen and oxygen atoms in total. The number of methoxy groups -OCH3 is 1. The standard InChI is InChI=1S/C22H28N2O3/c1-4-23(5-2)14-15-27-19-9-7-18(8-10-19)24-21-12-11-20(26-3)16-17(21)6-13-22(24)25/h7-12,16H,4-6,13-15H2,1-3H3. The SMILES string of the molecule is CCN(CC)CCOc1ccc(N2C(=O)CCc3cc(OC)ccc32)cc1. The number of hydrogen-bond donors (Lipinski definition) is 0. The monoisotopic (exact) mass is 368 g/mol. The van der Waals surface area contributed by atoms with Crippen LogP contribution < -0.4 is 14.4 Å². The Morgan fingerprint density at radius 3 is 2.37 bits per heavy atom. The van der Waals surface area contributed by atoms with Gasteiger partial charge in [0.1, 0.15) is 18.1 Å². The molecule has 0 saturated heterocycles. The minimum Gasteiger partial charge on any atom is -0.497 e. The summed E-state index contributed by atoms with van der Waals surface area (Å²) in [5.41, 5.74) is 2.93. The molecule has 0 bridgehead atoms. The Bertz CT molecular complexity index is 770. The number of carbonyl (C=O) groups is 1. The molecular weight excluding hydrogens is 340 g/mol. The number of fused-ring (bicyclic) bond motifs is 1. The number of anilines is 2. The molecule has 1 heterocycles. The Balaban J connectivity index is 1.72. The van der Waals surface area contributed by atoms with Crippen molar-refractivity contribution in [2.45, 2.75) is 26.7 Å². The summed E-state index contributed by atoms with van der Waals surface area (Å²) < 4.78 is 11.2. The van der Waals surface area contributed by atoms with Crippen LogP contribution in [0, 0.1) is 0 Å². The third-order valence-corrected chi connectivity index (χ3v) is 5.05. The van der Waals surface area contributed by atoms with E-state index in [0.717, 1.165) is 54.5 Å². The second kappa shape index (κ2) is 8.91. The van der Waals surface area contributed by atoms with Gasteiger partial charge in [-0.1, -0.05) is 13.8 Å². The maximum absolute atomic E-state index is 12.6. The van der Waals surface area contributed by atoms with Crippen LogP contribution >= 0.6 is 0 Å². The quantitative estimate of drug-likeness (QED) is 0.706. The third kappa shape index (κ3) is 4.42. The summed E-state index contributed by atoms with van der Waals surface area (Å²) in [6, 6.07) is 13.6. The molecule has 2 aromatic rings. The normalized spacial score (nSPS) is 13.6. The Morgan fingerprint density at radius 1 is 1.00 bits per heavy atom. The average molecular weight is 368 g/mol. The number of carbonyl (C=O) groups excluding carboxylic acids is 1. The van der Waals surface area contributed by atoms with Crippen LogP contribution in [0.4, 0.5) is 11.4 Å². The fourth-order valence-corrected chi connectivity index (χ4v) is 3.40. The van der Waals surface area contributed by atoms with Crippen LogP contribution in [0.2, 0.25) is 0 Å². The van der Waals surface area contributed by atoms with Crippen molar-refractivity contribution in [1.29, 1.82) is 0 Å². The van der Waals surface area contributed by atoms with Crippen LogP contribution in [0.1, 0.15) is 25.8 Å². The van der Waals surface area contributed by atoms with Crippen LogP contribution in [0.25, 0.3) is 0 Å². The smallest absolute Gasteiger partial charge is 0.231 e. The average Bonchev–Trinajstić information content (AvgIpc) is 2.71. The molecule has 0 aromatic heterocycles. The molecule has 0 unspecified atom stereocenters. The molecule has 0 saturated carbocycles. The van der Waals surface area contributed by atoms with Gasteiger partial charge in [0.15, 0.2) is 0 Å². The predicted molar refractivity (Wildman–Crippen MR) is 108 cm³/mol. The fraction of sp³-hybridized carbons (Fsp3) is 0.409. The first kappa shape index (κ1) is 19.2. The molecule has 5 heteroatoms. The number of likely N-dealkylation sites (N-methyl/N-ethyl adjacent to an activating group) is 1. The van der Waals surface area contributed by atoms with Gasteiger partial charge >= 0.3 is 0 Å². The van der Waals surface area contributed by atoms with Crippen LogP contribution in [0.15, 0.2) is 42.5 Å². The summed E-state index contributed by atoms with van der Waals surface area (Å²) in [6.45, 7) is 7.93. The van der Waals surface area contributed by atoms with Crippen molar-refractivity contribution < 1.29 is 14.3 Å². The molecule has 1 aliphatic rings. The largest absolute Gasteiger partial charge is 0.497 e. The third-order valence-electron chi connectivity index (χ3n) is 5.05. The van der Waals surface area contributed by atoms with Gasteiger partial charge in [-0.2, -0.15) is 0 Å². The Hall–Kier alpha value is -2.53. The number of nitrogens with zero attached hydrogens (tertiary/aromatic N) is 2. The summed E-state index contributed by atoms with van der Waals surface area (Å²) in [7, 11) is 1.66. The van der Waals surface area contributed by atoms with Crippen LogP contribution in [-0.2, 0) is 11.2 Å². The van der Waals surface area contributed by atoms with Crippen molar-refractivity contribution >= 4 is 17.3 Å². The maximum atomic E-state index is 12.6. The first-order valence-corrected chi connectivity index (χ1v) is 9.61. The van der Waals surface area contributed by atoms with E-state index in [2.05, 4.69) is 18.7 Å². The van der Waals surface area contributed by atoms with Crippen LogP contribution in [0.3, 0.4) is 0 Å². The van der Waals surface area contributed by atoms with Gasteiger partial charge in [-0.25, -0.2) is 0 Å². The van der Waals surface area contributed by atoms with E-state index >= 15 is 0 Å². The molecule has 0 aliphatic carbocycles. The van der Waals surface area contributed by atoms with E-state index in [1.165, 1.54) is 0 Å². The second-order valence-corrected chi connectivity index (χ2v) is 6.59. The van der Waals surface area contributed by atoms with Crippen molar-refractivity contribution in [2.24, 2.45) is 0 Å². The summed E-state index contributed by atoms with van der Waals surface area (Å²) >= 11 is 0. The highest BCUT2D eigenvalue weighted by atomic mass is 16.5. The summed E-state index contributed by atoms with van der Waals surface area (Å²) in [6.07, 6.45) is 1.25. The lowest BCUT2D eigenvalue weighted by Crippen LogP contribution is -2.30. The van der Waals surface area contributed by atoms with Crippen LogP contribution in [0.5, 0.6) is 11.5 Å². The molecule has 1 aliphatic heterocycles. The van der Waals surface area contributed by atoms with E-state index in [1.54, 1.807) is 12.0 Å². The number of benzene rings is 2. The minimum absolute atomic E-state index is 0.114. The molecule has 1 amide bonds. The molecule has 27 heavy (non-hydrogen) atoms.